The summed E-state index contributed by atoms with van der Waals surface area (Å²) in [6.07, 6.45) is 5.45. The van der Waals surface area contributed by atoms with Gasteiger partial charge in [0.25, 0.3) is 0 Å². The maximum atomic E-state index is 12.2. The molecule has 2 heterocycles. The molecule has 1 amide bonds. The number of rotatable bonds is 3. The molecule has 2 aliphatic heterocycles. The van der Waals surface area contributed by atoms with Crippen LogP contribution in [0.1, 0.15) is 39.2 Å². The molecule has 32 heavy (non-hydrogen) atoms. The molecule has 5 nitrogen and oxygen atoms in total. The summed E-state index contributed by atoms with van der Waals surface area (Å²) in [6.45, 7) is 13.7. The predicted molar refractivity (Wildman–Crippen MR) is 130 cm³/mol. The van der Waals surface area contributed by atoms with Crippen molar-refractivity contribution in [2.24, 2.45) is 0 Å². The number of hydrogen-bond acceptors (Lipinski definition) is 3. The predicted octanol–water partition coefficient (Wildman–Crippen LogP) is 6.73. The number of benzene rings is 1. The zero-order valence-corrected chi connectivity index (χ0v) is 20.7. The van der Waals surface area contributed by atoms with Gasteiger partial charge in [-0.1, -0.05) is 38.1 Å². The number of ether oxygens (including phenoxy) is 1. The van der Waals surface area contributed by atoms with Crippen LogP contribution >= 0.6 is 11.6 Å². The number of fused-ring (bicyclic) bond motifs is 1. The van der Waals surface area contributed by atoms with Crippen molar-refractivity contribution in [2.75, 3.05) is 24.2 Å². The monoisotopic (exact) mass is 490 g/mol. The first-order valence-electron chi connectivity index (χ1n) is 10.3. The molecule has 0 aromatic heterocycles. The molecule has 9 heteroatoms. The van der Waals surface area contributed by atoms with E-state index in [0.29, 0.717) is 11.1 Å². The molecule has 3 rings (SSSR count). The number of allylic oxidation sites excluding steroid dienone is 3. The number of carbonyl (C=O) groups is 1. The Morgan fingerprint density at radius 3 is 2.31 bits per heavy atom. The van der Waals surface area contributed by atoms with Gasteiger partial charge in [-0.05, 0) is 38.0 Å². The number of halogens is 3. The summed E-state index contributed by atoms with van der Waals surface area (Å²) in [5.41, 5.74) is 1.82. The number of amides is 1. The number of hydrogen-bond donors (Lipinski definition) is 0. The third-order valence-electron chi connectivity index (χ3n) is 4.24. The van der Waals surface area contributed by atoms with E-state index in [-0.39, 0.29) is 25.1 Å². The van der Waals surface area contributed by atoms with Crippen LogP contribution in [0.2, 0.25) is 5.02 Å². The summed E-state index contributed by atoms with van der Waals surface area (Å²) < 4.78 is 40.6. The summed E-state index contributed by atoms with van der Waals surface area (Å²) in [5.74, 6) is -0.766. The minimum absolute atomic E-state index is 0.0810. The molecule has 1 saturated heterocycles. The summed E-state index contributed by atoms with van der Waals surface area (Å²) in [6, 6.07) is 5.59. The number of piperidine rings is 1. The highest BCUT2D eigenvalue weighted by Crippen LogP contribution is 2.33. The average Bonchev–Trinajstić information content (AvgIpc) is 2.76. The van der Waals surface area contributed by atoms with Gasteiger partial charge in [0.2, 0.25) is 0 Å². The zero-order chi connectivity index (χ0) is 24.7. The van der Waals surface area contributed by atoms with Crippen molar-refractivity contribution in [3.63, 3.8) is 0 Å². The van der Waals surface area contributed by atoms with E-state index in [4.69, 9.17) is 16.3 Å². The number of nitrogens with zero attached hydrogens (tertiary/aromatic N) is 2. The average molecular weight is 491 g/mol. The molecule has 1 aromatic carbocycles. The van der Waals surface area contributed by atoms with Crippen molar-refractivity contribution in [3.8, 4) is 0 Å². The largest absolute Gasteiger partial charge is 0.444 e. The number of anilines is 1. The van der Waals surface area contributed by atoms with E-state index in [0.717, 1.165) is 37.2 Å². The van der Waals surface area contributed by atoms with E-state index in [9.17, 15) is 17.8 Å². The van der Waals surface area contributed by atoms with Crippen LogP contribution in [0.25, 0.3) is 0 Å². The van der Waals surface area contributed by atoms with Crippen LogP contribution in [0.5, 0.6) is 0 Å². The molecule has 0 N–H and O–H groups in total. The van der Waals surface area contributed by atoms with Crippen LogP contribution in [0, 0.1) is 0 Å². The summed E-state index contributed by atoms with van der Waals surface area (Å²) in [7, 11) is -0.948. The molecule has 1 atom stereocenters. The van der Waals surface area contributed by atoms with E-state index in [1.165, 1.54) is 0 Å². The van der Waals surface area contributed by atoms with Crippen LogP contribution in [0.15, 0.2) is 55.7 Å². The molecule has 0 aliphatic carbocycles. The lowest BCUT2D eigenvalue weighted by Crippen LogP contribution is -2.49. The SMILES string of the molecule is C=C(F)/C=C/F.C=CC.CC.CS(=O)N1CCC(N2C(=O)OCc3cc(Cl)ccc32)CC1. The Labute approximate surface area is 198 Å². The van der Waals surface area contributed by atoms with Gasteiger partial charge in [-0.3, -0.25) is 4.90 Å². The van der Waals surface area contributed by atoms with Crippen molar-refractivity contribution < 1.29 is 22.5 Å². The summed E-state index contributed by atoms with van der Waals surface area (Å²) in [5, 5.41) is 0.642. The Kier molecular flexibility index (Phi) is 15.5. The molecule has 0 radical (unpaired) electrons. The van der Waals surface area contributed by atoms with Gasteiger partial charge in [-0.15, -0.1) is 6.58 Å². The fourth-order valence-electron chi connectivity index (χ4n) is 2.98. The highest BCUT2D eigenvalue weighted by Gasteiger charge is 2.34. The lowest BCUT2D eigenvalue weighted by molar-refractivity contribution is 0.136. The van der Waals surface area contributed by atoms with Crippen LogP contribution in [-0.2, 0) is 22.3 Å². The first kappa shape index (κ1) is 30.0. The van der Waals surface area contributed by atoms with Gasteiger partial charge in [-0.2, -0.15) is 0 Å². The lowest BCUT2D eigenvalue weighted by atomic mass is 10.0. The molecule has 1 unspecified atom stereocenters. The van der Waals surface area contributed by atoms with Crippen molar-refractivity contribution in [3.05, 3.63) is 66.3 Å². The molecule has 1 fully saturated rings. The van der Waals surface area contributed by atoms with Crippen LogP contribution in [0.4, 0.5) is 19.3 Å². The lowest BCUT2D eigenvalue weighted by Gasteiger charge is -2.39. The minimum Gasteiger partial charge on any atom is -0.444 e. The Morgan fingerprint density at radius 2 is 1.88 bits per heavy atom. The van der Waals surface area contributed by atoms with Crippen molar-refractivity contribution in [1.29, 1.82) is 0 Å². The fraction of sp³-hybridized carbons (Fsp3) is 0.435. The van der Waals surface area contributed by atoms with E-state index >= 15 is 0 Å². The summed E-state index contributed by atoms with van der Waals surface area (Å²) >= 11 is 6.00. The van der Waals surface area contributed by atoms with Gasteiger partial charge in [0.15, 0.2) is 0 Å². The van der Waals surface area contributed by atoms with Gasteiger partial charge >= 0.3 is 6.09 Å². The van der Waals surface area contributed by atoms with Crippen LogP contribution in [-0.4, -0.2) is 40.0 Å². The van der Waals surface area contributed by atoms with Gasteiger partial charge in [0, 0.05) is 42.0 Å². The Morgan fingerprint density at radius 1 is 1.31 bits per heavy atom. The fourth-order valence-corrected chi connectivity index (χ4v) is 3.90. The highest BCUT2D eigenvalue weighted by atomic mass is 35.5. The van der Waals surface area contributed by atoms with Crippen molar-refractivity contribution >= 4 is 34.4 Å². The van der Waals surface area contributed by atoms with E-state index < -0.39 is 16.8 Å². The molecule has 1 aromatic rings. The maximum Gasteiger partial charge on any atom is 0.414 e. The van der Waals surface area contributed by atoms with Gasteiger partial charge in [-0.25, -0.2) is 22.1 Å². The van der Waals surface area contributed by atoms with E-state index in [2.05, 4.69) is 13.2 Å². The third-order valence-corrected chi connectivity index (χ3v) is 5.57. The first-order valence-corrected chi connectivity index (χ1v) is 12.2. The maximum absolute atomic E-state index is 12.2. The molecular weight excluding hydrogens is 458 g/mol. The zero-order valence-electron chi connectivity index (χ0n) is 19.2. The first-order chi connectivity index (χ1) is 15.2. The number of cyclic esters (lactones) is 1. The molecule has 0 bridgehead atoms. The van der Waals surface area contributed by atoms with Gasteiger partial charge in [0.1, 0.15) is 12.4 Å². The van der Waals surface area contributed by atoms with Gasteiger partial charge in [0.05, 0.1) is 23.0 Å². The van der Waals surface area contributed by atoms with E-state index in [1.807, 2.05) is 37.2 Å². The normalized spacial score (nSPS) is 16.7. The van der Waals surface area contributed by atoms with E-state index in [1.54, 1.807) is 23.3 Å². The quantitative estimate of drug-likeness (QED) is 0.349. The van der Waals surface area contributed by atoms with Crippen LogP contribution < -0.4 is 4.90 Å². The smallest absolute Gasteiger partial charge is 0.414 e. The highest BCUT2D eigenvalue weighted by molar-refractivity contribution is 7.81. The second-order valence-electron chi connectivity index (χ2n) is 6.43. The Bertz CT molecular complexity index is 797. The van der Waals surface area contributed by atoms with Crippen LogP contribution in [0.3, 0.4) is 0 Å². The molecule has 2 aliphatic rings. The standard InChI is InChI=1S/C14H17ClN2O3S.C4H4F2.C3H6.C2H6/c1-21(19)16-6-4-12(5-7-16)17-13-3-2-11(15)8-10(13)9-20-14(17)18;1-4(6)2-3-5;1-3-2;1-2/h2-3,8,12H,4-7,9H2,1H3;2-3H,1H2;3H,1H2,2H3;1-2H3/b;3-2+;;. The molecule has 0 spiro atoms. The van der Waals surface area contributed by atoms with Crippen molar-refractivity contribution in [2.45, 2.75) is 46.3 Å². The summed E-state index contributed by atoms with van der Waals surface area (Å²) in [4.78, 5) is 13.9. The Balaban J connectivity index is 0.000000740. The third kappa shape index (κ3) is 10.1. The number of carbonyl (C=O) groups excluding carboxylic acids is 1. The Hall–Kier alpha value is -2.03. The molecular formula is C23H33ClF2N2O3S. The molecule has 180 valence electrons. The van der Waals surface area contributed by atoms with Crippen molar-refractivity contribution in [1.82, 2.24) is 4.31 Å². The molecule has 0 saturated carbocycles. The second-order valence-corrected chi connectivity index (χ2v) is 8.23. The topological polar surface area (TPSA) is 49.9 Å². The second kappa shape index (κ2) is 16.6. The van der Waals surface area contributed by atoms with Gasteiger partial charge < -0.3 is 4.74 Å². The minimum atomic E-state index is -0.948.